The largest absolute Gasteiger partial charge is 0.454 e. The molecular formula is C21H21BrN4O3S. The van der Waals surface area contributed by atoms with Crippen LogP contribution in [-0.4, -0.2) is 35.9 Å². The molecule has 5 rings (SSSR count). The van der Waals surface area contributed by atoms with Crippen molar-refractivity contribution in [3.05, 3.63) is 53.6 Å². The molecule has 0 bridgehead atoms. The van der Waals surface area contributed by atoms with Crippen LogP contribution >= 0.6 is 28.7 Å². The number of nitrogens with zero attached hydrogens (tertiary/aromatic N) is 3. The Morgan fingerprint density at radius 2 is 2.07 bits per heavy atom. The molecule has 0 unspecified atom stereocenters. The number of nitrogens with one attached hydrogen (secondary N) is 1. The van der Waals surface area contributed by atoms with Crippen molar-refractivity contribution in [2.45, 2.75) is 19.4 Å². The first-order valence-corrected chi connectivity index (χ1v) is 10.5. The van der Waals surface area contributed by atoms with Crippen molar-refractivity contribution in [2.75, 3.05) is 24.0 Å². The van der Waals surface area contributed by atoms with Crippen molar-refractivity contribution in [1.82, 2.24) is 5.43 Å². The molecule has 1 saturated heterocycles. The van der Waals surface area contributed by atoms with Crippen molar-refractivity contribution in [3.63, 3.8) is 0 Å². The summed E-state index contributed by atoms with van der Waals surface area (Å²) in [6, 6.07) is 13.9. The van der Waals surface area contributed by atoms with Gasteiger partial charge in [-0.2, -0.15) is 5.10 Å². The number of carbonyl (C=O) groups excluding carboxylic acids is 1. The minimum absolute atomic E-state index is 0. The minimum atomic E-state index is 0. The number of ether oxygens (including phenoxy) is 2. The predicted molar refractivity (Wildman–Crippen MR) is 124 cm³/mol. The van der Waals surface area contributed by atoms with Gasteiger partial charge in [-0.15, -0.1) is 17.0 Å². The third kappa shape index (κ3) is 4.32. The lowest BCUT2D eigenvalue weighted by molar-refractivity contribution is -0.117. The second-order valence-corrected chi connectivity index (χ2v) is 7.93. The fourth-order valence-electron chi connectivity index (χ4n) is 3.52. The molecule has 0 aromatic heterocycles. The van der Waals surface area contributed by atoms with Gasteiger partial charge in [0.1, 0.15) is 0 Å². The molecule has 0 atom stereocenters. The number of hydrogen-bond acceptors (Lipinski definition) is 6. The molecule has 1 N–H and O–H groups in total. The maximum atomic E-state index is 12.0. The van der Waals surface area contributed by atoms with Crippen LogP contribution in [0, 0.1) is 0 Å². The SMILES string of the molecule is Br.O=C1CCCN1c1cccc(C2=NNC(=NCc3ccc4c(c3)OCO4)SC2)c1. The van der Waals surface area contributed by atoms with E-state index in [2.05, 4.69) is 15.5 Å². The van der Waals surface area contributed by atoms with E-state index in [-0.39, 0.29) is 29.7 Å². The van der Waals surface area contributed by atoms with Crippen LogP contribution in [0.4, 0.5) is 5.69 Å². The van der Waals surface area contributed by atoms with E-state index in [1.807, 2.05) is 47.4 Å². The van der Waals surface area contributed by atoms with E-state index in [0.717, 1.165) is 57.9 Å². The molecular weight excluding hydrogens is 468 g/mol. The number of thioether (sulfide) groups is 1. The summed E-state index contributed by atoms with van der Waals surface area (Å²) in [5.74, 6) is 2.46. The van der Waals surface area contributed by atoms with Crippen LogP contribution in [0.2, 0.25) is 0 Å². The van der Waals surface area contributed by atoms with Gasteiger partial charge < -0.3 is 14.4 Å². The van der Waals surface area contributed by atoms with Crippen LogP contribution < -0.4 is 19.8 Å². The van der Waals surface area contributed by atoms with Crippen LogP contribution in [0.5, 0.6) is 11.5 Å². The van der Waals surface area contributed by atoms with Gasteiger partial charge in [-0.05, 0) is 36.2 Å². The smallest absolute Gasteiger partial charge is 0.231 e. The molecule has 3 aliphatic rings. The molecule has 156 valence electrons. The number of aliphatic imine (C=N–C) groups is 1. The maximum absolute atomic E-state index is 12.0. The average molecular weight is 489 g/mol. The van der Waals surface area contributed by atoms with Gasteiger partial charge in [-0.3, -0.25) is 15.2 Å². The van der Waals surface area contributed by atoms with Gasteiger partial charge in [0.25, 0.3) is 0 Å². The fraction of sp³-hybridized carbons (Fsp3) is 0.286. The Bertz CT molecular complexity index is 1030. The molecule has 2 aromatic rings. The third-order valence-electron chi connectivity index (χ3n) is 5.04. The first-order chi connectivity index (χ1) is 14.3. The van der Waals surface area contributed by atoms with Crippen LogP contribution in [0.15, 0.2) is 52.6 Å². The van der Waals surface area contributed by atoms with Gasteiger partial charge in [0.05, 0.1) is 12.3 Å². The second kappa shape index (κ2) is 9.09. The molecule has 2 aromatic carbocycles. The van der Waals surface area contributed by atoms with Crippen molar-refractivity contribution in [3.8, 4) is 11.5 Å². The number of carbonyl (C=O) groups is 1. The van der Waals surface area contributed by atoms with Crippen LogP contribution in [-0.2, 0) is 11.3 Å². The summed E-state index contributed by atoms with van der Waals surface area (Å²) in [5, 5.41) is 5.29. The van der Waals surface area contributed by atoms with Gasteiger partial charge in [-0.1, -0.05) is 30.0 Å². The summed E-state index contributed by atoms with van der Waals surface area (Å²) in [5.41, 5.74) is 7.03. The van der Waals surface area contributed by atoms with Gasteiger partial charge in [0.15, 0.2) is 16.7 Å². The van der Waals surface area contributed by atoms with E-state index in [4.69, 9.17) is 9.47 Å². The number of benzene rings is 2. The zero-order valence-corrected chi connectivity index (χ0v) is 18.7. The molecule has 0 aliphatic carbocycles. The van der Waals surface area contributed by atoms with Crippen molar-refractivity contribution in [2.24, 2.45) is 10.1 Å². The van der Waals surface area contributed by atoms with E-state index >= 15 is 0 Å². The highest BCUT2D eigenvalue weighted by Crippen LogP contribution is 2.32. The summed E-state index contributed by atoms with van der Waals surface area (Å²) >= 11 is 1.62. The lowest BCUT2D eigenvalue weighted by atomic mass is 10.1. The minimum Gasteiger partial charge on any atom is -0.454 e. The number of hydrazone groups is 1. The van der Waals surface area contributed by atoms with Gasteiger partial charge >= 0.3 is 0 Å². The highest BCUT2D eigenvalue weighted by Gasteiger charge is 2.22. The lowest BCUT2D eigenvalue weighted by Gasteiger charge is -2.19. The van der Waals surface area contributed by atoms with Gasteiger partial charge in [0.2, 0.25) is 12.7 Å². The number of halogens is 1. The Kier molecular flexibility index (Phi) is 6.29. The normalized spacial score (nSPS) is 18.8. The van der Waals surface area contributed by atoms with E-state index in [1.54, 1.807) is 11.8 Å². The summed E-state index contributed by atoms with van der Waals surface area (Å²) < 4.78 is 10.7. The van der Waals surface area contributed by atoms with E-state index in [9.17, 15) is 4.79 Å². The fourth-order valence-corrected chi connectivity index (χ4v) is 4.29. The van der Waals surface area contributed by atoms with Gasteiger partial charge in [0, 0.05) is 30.0 Å². The second-order valence-electron chi connectivity index (χ2n) is 6.97. The average Bonchev–Trinajstić information content (AvgIpc) is 3.41. The number of anilines is 1. The number of amides is 1. The molecule has 0 spiro atoms. The van der Waals surface area contributed by atoms with Gasteiger partial charge in [-0.25, -0.2) is 0 Å². The Balaban J connectivity index is 0.00000218. The first-order valence-electron chi connectivity index (χ1n) is 9.55. The zero-order chi connectivity index (χ0) is 19.6. The maximum Gasteiger partial charge on any atom is 0.231 e. The third-order valence-corrected chi connectivity index (χ3v) is 5.95. The molecule has 9 heteroatoms. The number of fused-ring (bicyclic) bond motifs is 1. The molecule has 1 amide bonds. The topological polar surface area (TPSA) is 75.5 Å². The summed E-state index contributed by atoms with van der Waals surface area (Å²) in [7, 11) is 0. The van der Waals surface area contributed by atoms with Crippen LogP contribution in [0.1, 0.15) is 24.0 Å². The first kappa shape index (κ1) is 20.7. The Morgan fingerprint density at radius 3 is 2.87 bits per heavy atom. The highest BCUT2D eigenvalue weighted by molar-refractivity contribution is 8.93. The molecule has 30 heavy (non-hydrogen) atoms. The monoisotopic (exact) mass is 488 g/mol. The quantitative estimate of drug-likeness (QED) is 0.709. The molecule has 7 nitrogen and oxygen atoms in total. The molecule has 1 fully saturated rings. The van der Waals surface area contributed by atoms with Crippen molar-refractivity contribution >= 4 is 51.2 Å². The van der Waals surface area contributed by atoms with Crippen LogP contribution in [0.25, 0.3) is 0 Å². The van der Waals surface area contributed by atoms with Crippen molar-refractivity contribution in [1.29, 1.82) is 0 Å². The van der Waals surface area contributed by atoms with E-state index < -0.39 is 0 Å². The number of rotatable bonds is 4. The summed E-state index contributed by atoms with van der Waals surface area (Å²) in [6.07, 6.45) is 1.55. The standard InChI is InChI=1S/C21H20N4O3S.BrH/c26-20-5-2-8-25(20)16-4-1-3-15(10-16)17-12-29-21(24-23-17)22-11-14-6-7-18-19(9-14)28-13-27-18;/h1,3-4,6-7,9-10H,2,5,8,11-13H2,(H,22,24);1H. The Labute approximate surface area is 189 Å². The Hall–Kier alpha value is -2.52. The molecule has 0 radical (unpaired) electrons. The van der Waals surface area contributed by atoms with Crippen molar-refractivity contribution < 1.29 is 14.3 Å². The summed E-state index contributed by atoms with van der Waals surface area (Å²) in [4.78, 5) is 18.5. The lowest BCUT2D eigenvalue weighted by Crippen LogP contribution is -2.26. The van der Waals surface area contributed by atoms with E-state index in [0.29, 0.717) is 13.0 Å². The predicted octanol–water partition coefficient (Wildman–Crippen LogP) is 3.72. The number of hydrogen-bond donors (Lipinski definition) is 1. The number of amidine groups is 1. The highest BCUT2D eigenvalue weighted by atomic mass is 79.9. The molecule has 3 aliphatic heterocycles. The van der Waals surface area contributed by atoms with E-state index in [1.165, 1.54) is 0 Å². The molecule has 3 heterocycles. The van der Waals surface area contributed by atoms with Crippen LogP contribution in [0.3, 0.4) is 0 Å². The Morgan fingerprint density at radius 1 is 1.17 bits per heavy atom. The zero-order valence-electron chi connectivity index (χ0n) is 16.2. The molecule has 0 saturated carbocycles. The summed E-state index contributed by atoms with van der Waals surface area (Å²) in [6.45, 7) is 1.61.